The number of carbonyl (C=O) groups excluding carboxylic acids is 1. The third-order valence-electron chi connectivity index (χ3n) is 3.07. The molecule has 0 bridgehead atoms. The molecule has 0 spiro atoms. The van der Waals surface area contributed by atoms with Crippen molar-refractivity contribution in [3.05, 3.63) is 45.9 Å². The molecule has 0 unspecified atom stereocenters. The molecule has 0 saturated carbocycles. The molecular weight excluding hydrogens is 277 g/mol. The lowest BCUT2D eigenvalue weighted by molar-refractivity contribution is -0.384. The monoisotopic (exact) mass is 291 g/mol. The van der Waals surface area contributed by atoms with E-state index in [0.717, 1.165) is 25.0 Å². The highest BCUT2D eigenvalue weighted by Gasteiger charge is 2.21. The van der Waals surface area contributed by atoms with E-state index < -0.39 is 16.4 Å². The number of aldehydes is 1. The first-order valence-electron chi connectivity index (χ1n) is 6.53. The summed E-state index contributed by atoms with van der Waals surface area (Å²) in [5.74, 6) is -0.705. The Morgan fingerprint density at radius 3 is 2.86 bits per heavy atom. The van der Waals surface area contributed by atoms with Gasteiger partial charge in [-0.05, 0) is 18.6 Å². The lowest BCUT2D eigenvalue weighted by Crippen LogP contribution is -1.99. The minimum absolute atomic E-state index is 0.138. The maximum Gasteiger partial charge on any atom is 0.281 e. The molecule has 1 aromatic carbocycles. The minimum Gasteiger partial charge on any atom is -0.298 e. The average molecular weight is 291 g/mol. The van der Waals surface area contributed by atoms with E-state index >= 15 is 0 Å². The molecule has 0 atom stereocenters. The number of carbonyl (C=O) groups is 1. The predicted molar refractivity (Wildman–Crippen MR) is 74.6 cm³/mol. The number of aryl methyl sites for hydroxylation is 1. The van der Waals surface area contributed by atoms with Gasteiger partial charge in [-0.15, -0.1) is 0 Å². The van der Waals surface area contributed by atoms with E-state index in [4.69, 9.17) is 0 Å². The van der Waals surface area contributed by atoms with Crippen molar-refractivity contribution in [3.63, 3.8) is 0 Å². The Hall–Kier alpha value is -2.57. The van der Waals surface area contributed by atoms with Crippen molar-refractivity contribution in [1.82, 2.24) is 9.78 Å². The first-order valence-corrected chi connectivity index (χ1v) is 6.53. The van der Waals surface area contributed by atoms with Crippen LogP contribution in [0.1, 0.15) is 30.1 Å². The first kappa shape index (κ1) is 14.8. The third-order valence-corrected chi connectivity index (χ3v) is 3.07. The molecule has 7 heteroatoms. The summed E-state index contributed by atoms with van der Waals surface area (Å²) >= 11 is 0. The van der Waals surface area contributed by atoms with Crippen molar-refractivity contribution in [2.24, 2.45) is 0 Å². The van der Waals surface area contributed by atoms with Crippen molar-refractivity contribution in [2.45, 2.75) is 26.3 Å². The highest BCUT2D eigenvalue weighted by molar-refractivity contribution is 5.88. The number of unbranched alkanes of at least 4 members (excludes halogenated alkanes) is 1. The van der Waals surface area contributed by atoms with Gasteiger partial charge in [0.2, 0.25) is 0 Å². The Kier molecular flexibility index (Phi) is 4.42. The van der Waals surface area contributed by atoms with Gasteiger partial charge in [0.1, 0.15) is 11.5 Å². The molecule has 1 heterocycles. The number of aromatic nitrogens is 2. The number of nitro groups is 1. The average Bonchev–Trinajstić information content (AvgIpc) is 2.88. The smallest absolute Gasteiger partial charge is 0.281 e. The summed E-state index contributed by atoms with van der Waals surface area (Å²) < 4.78 is 14.8. The summed E-state index contributed by atoms with van der Waals surface area (Å²) in [5.41, 5.74) is 0.186. The van der Waals surface area contributed by atoms with Crippen molar-refractivity contribution >= 4 is 12.0 Å². The molecule has 1 aromatic heterocycles. The molecule has 2 rings (SSSR count). The van der Waals surface area contributed by atoms with Crippen molar-refractivity contribution in [2.75, 3.05) is 0 Å². The normalized spacial score (nSPS) is 10.6. The molecule has 0 fully saturated rings. The van der Waals surface area contributed by atoms with Crippen LogP contribution < -0.4 is 0 Å². The maximum absolute atomic E-state index is 13.2. The van der Waals surface area contributed by atoms with Gasteiger partial charge >= 0.3 is 0 Å². The van der Waals surface area contributed by atoms with Crippen LogP contribution in [0.5, 0.6) is 0 Å². The van der Waals surface area contributed by atoms with Crippen molar-refractivity contribution in [1.29, 1.82) is 0 Å². The summed E-state index contributed by atoms with van der Waals surface area (Å²) in [5, 5.41) is 15.3. The second-order valence-electron chi connectivity index (χ2n) is 4.59. The van der Waals surface area contributed by atoms with Crippen LogP contribution in [0.2, 0.25) is 0 Å². The van der Waals surface area contributed by atoms with Crippen LogP contribution >= 0.6 is 0 Å². The van der Waals surface area contributed by atoms with E-state index in [-0.39, 0.29) is 16.8 Å². The zero-order valence-electron chi connectivity index (χ0n) is 11.5. The summed E-state index contributed by atoms with van der Waals surface area (Å²) in [4.78, 5) is 21.5. The first-order chi connectivity index (χ1) is 10.1. The van der Waals surface area contributed by atoms with Crippen molar-refractivity contribution in [3.8, 4) is 11.3 Å². The fraction of sp³-hybridized carbons (Fsp3) is 0.286. The molecule has 110 valence electrons. The molecule has 2 aromatic rings. The van der Waals surface area contributed by atoms with E-state index in [1.54, 1.807) is 10.9 Å². The maximum atomic E-state index is 13.2. The number of nitrogens with zero attached hydrogens (tertiary/aromatic N) is 3. The highest BCUT2D eigenvalue weighted by Crippen LogP contribution is 2.31. The van der Waals surface area contributed by atoms with Gasteiger partial charge in [-0.1, -0.05) is 13.3 Å². The quantitative estimate of drug-likeness (QED) is 0.465. The molecule has 21 heavy (non-hydrogen) atoms. The Morgan fingerprint density at radius 1 is 1.48 bits per heavy atom. The third kappa shape index (κ3) is 3.13. The van der Waals surface area contributed by atoms with Crippen LogP contribution in [0.4, 0.5) is 10.1 Å². The van der Waals surface area contributed by atoms with Crippen molar-refractivity contribution < 1.29 is 14.1 Å². The number of benzene rings is 1. The zero-order valence-corrected chi connectivity index (χ0v) is 11.5. The molecule has 0 saturated heterocycles. The van der Waals surface area contributed by atoms with Crippen LogP contribution in [0.3, 0.4) is 0 Å². The summed E-state index contributed by atoms with van der Waals surface area (Å²) in [6.45, 7) is 2.64. The van der Waals surface area contributed by atoms with E-state index in [1.165, 1.54) is 6.07 Å². The molecule has 0 aliphatic rings. The molecule has 0 N–H and O–H groups in total. The zero-order chi connectivity index (χ0) is 15.4. The fourth-order valence-electron chi connectivity index (χ4n) is 2.02. The van der Waals surface area contributed by atoms with Crippen LogP contribution in [-0.2, 0) is 6.54 Å². The number of hydrogen-bond acceptors (Lipinski definition) is 4. The van der Waals surface area contributed by atoms with Gasteiger partial charge in [-0.25, -0.2) is 4.39 Å². The fourth-order valence-corrected chi connectivity index (χ4v) is 2.02. The molecule has 6 nitrogen and oxygen atoms in total. The van der Waals surface area contributed by atoms with E-state index in [1.807, 2.05) is 6.92 Å². The molecule has 0 aliphatic heterocycles. The Balaban J connectivity index is 2.53. The Bertz CT molecular complexity index is 682. The molecular formula is C14H14FN3O3. The predicted octanol–water partition coefficient (Wildman–Crippen LogP) is 3.21. The summed E-state index contributed by atoms with van der Waals surface area (Å²) in [7, 11) is 0. The van der Waals surface area contributed by atoms with Gasteiger partial charge in [0.25, 0.3) is 5.69 Å². The van der Waals surface area contributed by atoms with Gasteiger partial charge in [0.05, 0.1) is 22.1 Å². The number of rotatable bonds is 6. The van der Waals surface area contributed by atoms with Crippen LogP contribution in [-0.4, -0.2) is 21.0 Å². The van der Waals surface area contributed by atoms with E-state index in [0.29, 0.717) is 12.8 Å². The molecule has 0 aliphatic carbocycles. The minimum atomic E-state index is -0.705. The lowest BCUT2D eigenvalue weighted by Gasteiger charge is -2.01. The van der Waals surface area contributed by atoms with Gasteiger partial charge in [0, 0.05) is 12.7 Å². The van der Waals surface area contributed by atoms with Gasteiger partial charge in [-0.3, -0.25) is 19.6 Å². The number of hydrogen-bond donors (Lipinski definition) is 0. The lowest BCUT2D eigenvalue weighted by atomic mass is 10.1. The van der Waals surface area contributed by atoms with E-state index in [2.05, 4.69) is 5.10 Å². The van der Waals surface area contributed by atoms with E-state index in [9.17, 15) is 19.3 Å². The highest BCUT2D eigenvalue weighted by atomic mass is 19.1. The summed E-state index contributed by atoms with van der Waals surface area (Å²) in [6, 6.07) is 3.21. The molecule has 0 radical (unpaired) electrons. The second-order valence-corrected chi connectivity index (χ2v) is 4.59. The van der Waals surface area contributed by atoms with Gasteiger partial charge in [0.15, 0.2) is 6.29 Å². The second kappa shape index (κ2) is 6.25. The molecule has 0 amide bonds. The standard InChI is InChI=1S/C14H14FN3O3/c1-2-3-6-17-8-10(9-19)14(16-17)12-5-4-11(15)7-13(12)18(20)21/h4-5,7-9H,2-3,6H2,1H3. The Labute approximate surface area is 120 Å². The van der Waals surface area contributed by atoms with Crippen LogP contribution in [0.25, 0.3) is 11.3 Å². The van der Waals surface area contributed by atoms with Crippen LogP contribution in [0.15, 0.2) is 24.4 Å². The number of halogens is 1. The summed E-state index contributed by atoms with van der Waals surface area (Å²) in [6.07, 6.45) is 3.98. The van der Waals surface area contributed by atoms with Crippen LogP contribution in [0, 0.1) is 15.9 Å². The van der Waals surface area contributed by atoms with Gasteiger partial charge < -0.3 is 0 Å². The largest absolute Gasteiger partial charge is 0.298 e. The Morgan fingerprint density at radius 2 is 2.24 bits per heavy atom. The SMILES string of the molecule is CCCCn1cc(C=O)c(-c2ccc(F)cc2[N+](=O)[O-])n1. The topological polar surface area (TPSA) is 78.0 Å². The number of nitro benzene ring substituents is 1. The van der Waals surface area contributed by atoms with Gasteiger partial charge in [-0.2, -0.15) is 5.10 Å².